The molecule has 1 aliphatic rings. The predicted octanol–water partition coefficient (Wildman–Crippen LogP) is 2.74. The monoisotopic (exact) mass is 412 g/mol. The van der Waals surface area contributed by atoms with Gasteiger partial charge in [-0.3, -0.25) is 9.59 Å². The van der Waals surface area contributed by atoms with E-state index in [2.05, 4.69) is 20.8 Å². The van der Waals surface area contributed by atoms with Crippen LogP contribution in [0.4, 0.5) is 5.69 Å². The Bertz CT molecular complexity index is 944. The predicted molar refractivity (Wildman–Crippen MR) is 114 cm³/mol. The Balaban J connectivity index is 1.52. The smallest absolute Gasteiger partial charge is 0.240 e. The van der Waals surface area contributed by atoms with Crippen molar-refractivity contribution in [1.82, 2.24) is 5.32 Å². The van der Waals surface area contributed by atoms with Crippen molar-refractivity contribution in [3.8, 4) is 11.5 Å². The summed E-state index contributed by atoms with van der Waals surface area (Å²) in [6, 6.07) is 13.6. The number of hydrogen-bond acceptors (Lipinski definition) is 7. The quantitative estimate of drug-likeness (QED) is 0.478. The Morgan fingerprint density at radius 2 is 2.10 bits per heavy atom. The zero-order valence-corrected chi connectivity index (χ0v) is 16.5. The number of anilines is 1. The van der Waals surface area contributed by atoms with Gasteiger partial charge in [0.05, 0.1) is 12.8 Å². The molecule has 8 nitrogen and oxygen atoms in total. The highest BCUT2D eigenvalue weighted by atomic mass is 32.2. The molecule has 1 saturated heterocycles. The van der Waals surface area contributed by atoms with Crippen molar-refractivity contribution in [2.45, 2.75) is 18.6 Å². The molecule has 1 atom stereocenters. The van der Waals surface area contributed by atoms with Crippen molar-refractivity contribution in [3.05, 3.63) is 54.1 Å². The molecular formula is C20H20N4O4S. The van der Waals surface area contributed by atoms with Gasteiger partial charge in [-0.05, 0) is 48.9 Å². The first-order valence-electron chi connectivity index (χ1n) is 8.94. The van der Waals surface area contributed by atoms with Crippen LogP contribution in [-0.2, 0) is 9.59 Å². The van der Waals surface area contributed by atoms with Crippen molar-refractivity contribution in [2.24, 2.45) is 10.2 Å². The summed E-state index contributed by atoms with van der Waals surface area (Å²) in [6.45, 7) is 2.47. The lowest BCUT2D eigenvalue weighted by Crippen LogP contribution is -2.28. The highest BCUT2D eigenvalue weighted by Crippen LogP contribution is 2.23. The maximum Gasteiger partial charge on any atom is 0.240 e. The van der Waals surface area contributed by atoms with Crippen LogP contribution < -0.4 is 15.4 Å². The number of phenolic OH excluding ortho intramolecular Hbond substituents is 1. The van der Waals surface area contributed by atoms with Crippen molar-refractivity contribution in [2.75, 3.05) is 11.9 Å². The van der Waals surface area contributed by atoms with Gasteiger partial charge in [-0.1, -0.05) is 23.9 Å². The van der Waals surface area contributed by atoms with Crippen LogP contribution in [0, 0.1) is 0 Å². The van der Waals surface area contributed by atoms with E-state index in [-0.39, 0.29) is 24.0 Å². The molecule has 0 aromatic heterocycles. The molecule has 2 amide bonds. The van der Waals surface area contributed by atoms with Gasteiger partial charge >= 0.3 is 0 Å². The second-order valence-electron chi connectivity index (χ2n) is 6.05. The van der Waals surface area contributed by atoms with Crippen molar-refractivity contribution in [3.63, 3.8) is 0 Å². The molecule has 0 aliphatic carbocycles. The Kier molecular flexibility index (Phi) is 6.85. The first-order valence-corrected chi connectivity index (χ1v) is 9.81. The first kappa shape index (κ1) is 20.4. The maximum absolute atomic E-state index is 12.2. The summed E-state index contributed by atoms with van der Waals surface area (Å²) in [5, 5.41) is 22.4. The minimum Gasteiger partial charge on any atom is -0.508 e. The van der Waals surface area contributed by atoms with Gasteiger partial charge in [0.25, 0.3) is 0 Å². The summed E-state index contributed by atoms with van der Waals surface area (Å²) in [5.74, 6) is 0.293. The molecule has 0 unspecified atom stereocenters. The summed E-state index contributed by atoms with van der Waals surface area (Å²) in [5.41, 5.74) is 1.31. The van der Waals surface area contributed by atoms with Gasteiger partial charge in [0.1, 0.15) is 16.7 Å². The van der Waals surface area contributed by atoms with E-state index in [1.165, 1.54) is 12.3 Å². The van der Waals surface area contributed by atoms with Crippen molar-refractivity contribution in [1.29, 1.82) is 0 Å². The van der Waals surface area contributed by atoms with Crippen LogP contribution in [-0.4, -0.2) is 40.2 Å². The second-order valence-corrected chi connectivity index (χ2v) is 7.24. The summed E-state index contributed by atoms with van der Waals surface area (Å²) in [4.78, 5) is 24.3. The Labute approximate surface area is 172 Å². The van der Waals surface area contributed by atoms with Crippen LogP contribution in [0.3, 0.4) is 0 Å². The highest BCUT2D eigenvalue weighted by Gasteiger charge is 2.32. The first-order chi connectivity index (χ1) is 14.0. The molecule has 150 valence electrons. The van der Waals surface area contributed by atoms with Gasteiger partial charge in [-0.25, -0.2) is 0 Å². The van der Waals surface area contributed by atoms with Gasteiger partial charge in [-0.15, -0.1) is 5.10 Å². The number of amides is 2. The van der Waals surface area contributed by atoms with Crippen LogP contribution in [0.15, 0.2) is 58.7 Å². The van der Waals surface area contributed by atoms with Gasteiger partial charge in [0.2, 0.25) is 11.8 Å². The normalized spacial score (nSPS) is 17.5. The topological polar surface area (TPSA) is 112 Å². The summed E-state index contributed by atoms with van der Waals surface area (Å²) in [7, 11) is 0. The van der Waals surface area contributed by atoms with Gasteiger partial charge in [0.15, 0.2) is 5.17 Å². The number of nitrogens with one attached hydrogen (secondary N) is 2. The maximum atomic E-state index is 12.2. The molecule has 3 rings (SSSR count). The number of thioether (sulfide) groups is 1. The lowest BCUT2D eigenvalue weighted by Gasteiger charge is -2.08. The lowest BCUT2D eigenvalue weighted by molar-refractivity contribution is -0.122. The summed E-state index contributed by atoms with van der Waals surface area (Å²) in [6.07, 6.45) is 1.48. The van der Waals surface area contributed by atoms with Crippen LogP contribution >= 0.6 is 11.8 Å². The standard InChI is InChI=1S/C20H20N4O4S/c1-2-28-16-8-6-14(7-9-16)22-18(26)11-17-19(27)23-20(29-17)24-21-12-13-4-3-5-15(25)10-13/h3-10,12,17,25H,2,11H2,1H3,(H,22,26)(H,23,24,27)/b21-12-/t17-/m0/s1. The SMILES string of the molecule is CCOc1ccc(NC(=O)C[C@@H]2S/C(=N/N=C\c3cccc(O)c3)NC2=O)cc1. The number of carbonyl (C=O) groups excluding carboxylic acids is 2. The molecule has 1 fully saturated rings. The Hall–Kier alpha value is -3.33. The van der Waals surface area contributed by atoms with E-state index in [0.717, 1.165) is 17.5 Å². The minimum absolute atomic E-state index is 0.0129. The van der Waals surface area contributed by atoms with Crippen molar-refractivity contribution < 1.29 is 19.4 Å². The number of benzene rings is 2. The molecule has 0 bridgehead atoms. The van der Waals surface area contributed by atoms with E-state index in [1.54, 1.807) is 42.5 Å². The molecular weight excluding hydrogens is 392 g/mol. The number of rotatable bonds is 7. The lowest BCUT2D eigenvalue weighted by atomic mass is 10.2. The Morgan fingerprint density at radius 1 is 1.31 bits per heavy atom. The van der Waals surface area contributed by atoms with E-state index in [9.17, 15) is 14.7 Å². The average molecular weight is 412 g/mol. The number of amidine groups is 1. The minimum atomic E-state index is -0.576. The molecule has 2 aromatic carbocycles. The number of phenols is 1. The third-order valence-electron chi connectivity index (χ3n) is 3.82. The fourth-order valence-electron chi connectivity index (χ4n) is 2.52. The summed E-state index contributed by atoms with van der Waals surface area (Å²) >= 11 is 1.15. The van der Waals surface area contributed by atoms with E-state index in [1.807, 2.05) is 6.92 Å². The number of hydrogen-bond donors (Lipinski definition) is 3. The molecule has 3 N–H and O–H groups in total. The summed E-state index contributed by atoms with van der Waals surface area (Å²) < 4.78 is 5.36. The van der Waals surface area contributed by atoms with Crippen LogP contribution in [0.2, 0.25) is 0 Å². The highest BCUT2D eigenvalue weighted by molar-refractivity contribution is 8.15. The van der Waals surface area contributed by atoms with E-state index < -0.39 is 5.25 Å². The molecule has 29 heavy (non-hydrogen) atoms. The van der Waals surface area contributed by atoms with Crippen LogP contribution in [0.1, 0.15) is 18.9 Å². The number of nitrogens with zero attached hydrogens (tertiary/aromatic N) is 2. The third kappa shape index (κ3) is 6.08. The molecule has 0 spiro atoms. The number of ether oxygens (including phenoxy) is 1. The molecule has 1 aliphatic heterocycles. The van der Waals surface area contributed by atoms with Crippen LogP contribution in [0.25, 0.3) is 0 Å². The zero-order chi connectivity index (χ0) is 20.6. The molecule has 2 aromatic rings. The molecule has 0 saturated carbocycles. The second kappa shape index (κ2) is 9.74. The number of carbonyl (C=O) groups is 2. The average Bonchev–Trinajstić information content (AvgIpc) is 3.03. The van der Waals surface area contributed by atoms with E-state index >= 15 is 0 Å². The van der Waals surface area contributed by atoms with Crippen molar-refractivity contribution >= 4 is 40.6 Å². The van der Waals surface area contributed by atoms with Crippen LogP contribution in [0.5, 0.6) is 11.5 Å². The fourth-order valence-corrected chi connectivity index (χ4v) is 3.45. The zero-order valence-electron chi connectivity index (χ0n) is 15.7. The molecule has 0 radical (unpaired) electrons. The Morgan fingerprint density at radius 3 is 2.83 bits per heavy atom. The molecule has 9 heteroatoms. The van der Waals surface area contributed by atoms with E-state index in [0.29, 0.717) is 23.0 Å². The van der Waals surface area contributed by atoms with Gasteiger partial charge in [0, 0.05) is 12.1 Å². The number of aromatic hydroxyl groups is 1. The van der Waals surface area contributed by atoms with E-state index in [4.69, 9.17) is 4.74 Å². The van der Waals surface area contributed by atoms with Gasteiger partial charge < -0.3 is 20.5 Å². The fraction of sp³-hybridized carbons (Fsp3) is 0.200. The molecule has 1 heterocycles. The largest absolute Gasteiger partial charge is 0.508 e. The van der Waals surface area contributed by atoms with Gasteiger partial charge in [-0.2, -0.15) is 5.10 Å². The third-order valence-corrected chi connectivity index (χ3v) is 4.89.